The number of benzene rings is 2. The number of carbonyl (C=O) groups excluding carboxylic acids is 2. The Balaban J connectivity index is 1.61. The second-order valence-corrected chi connectivity index (χ2v) is 7.28. The van der Waals surface area contributed by atoms with Gasteiger partial charge in [-0.05, 0) is 48.9 Å². The van der Waals surface area contributed by atoms with Gasteiger partial charge in [0.05, 0.1) is 37.0 Å². The van der Waals surface area contributed by atoms with Crippen LogP contribution in [0.2, 0.25) is 0 Å². The topological polar surface area (TPSA) is 88.9 Å². The van der Waals surface area contributed by atoms with Crippen LogP contribution in [0.25, 0.3) is 0 Å². The highest BCUT2D eigenvalue weighted by Gasteiger charge is 2.27. The van der Waals surface area contributed by atoms with E-state index in [1.807, 2.05) is 47.5 Å². The third-order valence-electron chi connectivity index (χ3n) is 5.03. The number of hydrogen-bond acceptors (Lipinski definition) is 7. The Morgan fingerprint density at radius 2 is 1.78 bits per heavy atom. The second-order valence-electron chi connectivity index (χ2n) is 7.28. The first-order valence-corrected chi connectivity index (χ1v) is 10.5. The van der Waals surface area contributed by atoms with Gasteiger partial charge < -0.3 is 19.1 Å². The summed E-state index contributed by atoms with van der Waals surface area (Å²) >= 11 is 0. The molecule has 0 bridgehead atoms. The molecule has 0 aliphatic carbocycles. The molecule has 7 heteroatoms. The zero-order chi connectivity index (χ0) is 22.9. The molecule has 7 nitrogen and oxygen atoms in total. The highest BCUT2D eigenvalue weighted by molar-refractivity contribution is 5.89. The Bertz CT molecular complexity index is 1010. The molecule has 2 aromatic rings. The van der Waals surface area contributed by atoms with Gasteiger partial charge in [-0.1, -0.05) is 12.1 Å². The Morgan fingerprint density at radius 3 is 2.41 bits per heavy atom. The fourth-order valence-electron chi connectivity index (χ4n) is 3.44. The molecule has 0 N–H and O–H groups in total. The summed E-state index contributed by atoms with van der Waals surface area (Å²) in [6.07, 6.45) is 2.47. The first kappa shape index (κ1) is 22.9. The van der Waals surface area contributed by atoms with E-state index in [0.717, 1.165) is 17.0 Å². The minimum atomic E-state index is -0.347. The first-order valence-electron chi connectivity index (χ1n) is 10.5. The molecule has 1 aliphatic heterocycles. The van der Waals surface area contributed by atoms with E-state index >= 15 is 0 Å². The van der Waals surface area contributed by atoms with Crippen molar-refractivity contribution in [2.75, 3.05) is 31.3 Å². The van der Waals surface area contributed by atoms with Gasteiger partial charge in [-0.25, -0.2) is 4.79 Å². The van der Waals surface area contributed by atoms with Crippen molar-refractivity contribution in [2.24, 2.45) is 0 Å². The molecule has 0 spiro atoms. The SMILES string of the molecule is CCOC(=O)c1ccc(N2C=C(C#N)C(c3ccc(OCCCOC(C)=O)cc3)C2)cc1. The van der Waals surface area contributed by atoms with Crippen LogP contribution >= 0.6 is 0 Å². The number of nitriles is 1. The molecular weight excluding hydrogens is 408 g/mol. The number of anilines is 1. The monoisotopic (exact) mass is 434 g/mol. The standard InChI is InChI=1S/C25H26N2O5/c1-3-30-25(29)20-5-9-22(10-6-20)27-16-21(15-26)24(17-27)19-7-11-23(12-8-19)32-14-4-13-31-18(2)28/h5-12,16,24H,3-4,13-14,17H2,1-2H3. The Labute approximate surface area is 187 Å². The Hall–Kier alpha value is -3.79. The van der Waals surface area contributed by atoms with Crippen LogP contribution in [0.4, 0.5) is 5.69 Å². The van der Waals surface area contributed by atoms with Crippen molar-refractivity contribution in [3.8, 4) is 11.8 Å². The number of esters is 2. The minimum absolute atomic E-state index is 0.0530. The van der Waals surface area contributed by atoms with Crippen LogP contribution in [0.5, 0.6) is 5.75 Å². The molecule has 0 aromatic heterocycles. The van der Waals surface area contributed by atoms with Gasteiger partial charge in [0, 0.05) is 37.7 Å². The van der Waals surface area contributed by atoms with Gasteiger partial charge in [-0.2, -0.15) is 5.26 Å². The van der Waals surface area contributed by atoms with Crippen LogP contribution in [0.1, 0.15) is 42.1 Å². The lowest BCUT2D eigenvalue weighted by Crippen LogP contribution is -2.17. The molecule has 1 heterocycles. The van der Waals surface area contributed by atoms with Gasteiger partial charge in [-0.15, -0.1) is 0 Å². The molecule has 32 heavy (non-hydrogen) atoms. The van der Waals surface area contributed by atoms with Crippen LogP contribution in [-0.2, 0) is 14.3 Å². The van der Waals surface area contributed by atoms with Crippen molar-refractivity contribution < 1.29 is 23.8 Å². The highest BCUT2D eigenvalue weighted by Crippen LogP contribution is 2.34. The molecule has 3 rings (SSSR count). The summed E-state index contributed by atoms with van der Waals surface area (Å²) in [4.78, 5) is 24.6. The average molecular weight is 434 g/mol. The molecule has 1 atom stereocenters. The smallest absolute Gasteiger partial charge is 0.338 e. The van der Waals surface area contributed by atoms with Crippen LogP contribution < -0.4 is 9.64 Å². The zero-order valence-electron chi connectivity index (χ0n) is 18.2. The van der Waals surface area contributed by atoms with Gasteiger partial charge in [0.2, 0.25) is 0 Å². The first-order chi connectivity index (χ1) is 15.5. The summed E-state index contributed by atoms with van der Waals surface area (Å²) in [5.74, 6) is 0.0303. The van der Waals surface area contributed by atoms with Gasteiger partial charge in [0.1, 0.15) is 5.75 Å². The van der Waals surface area contributed by atoms with Gasteiger partial charge in [0.15, 0.2) is 0 Å². The second kappa shape index (κ2) is 11.0. The van der Waals surface area contributed by atoms with E-state index in [0.29, 0.717) is 43.9 Å². The predicted molar refractivity (Wildman–Crippen MR) is 119 cm³/mol. The molecule has 0 saturated heterocycles. The molecule has 1 aliphatic rings. The van der Waals surface area contributed by atoms with E-state index in [-0.39, 0.29) is 17.9 Å². The van der Waals surface area contributed by atoms with E-state index in [9.17, 15) is 14.9 Å². The van der Waals surface area contributed by atoms with Crippen LogP contribution in [0, 0.1) is 11.3 Å². The number of ether oxygens (including phenoxy) is 3. The number of hydrogen-bond donors (Lipinski definition) is 0. The van der Waals surface area contributed by atoms with Gasteiger partial charge in [-0.3, -0.25) is 4.79 Å². The summed E-state index contributed by atoms with van der Waals surface area (Å²) in [7, 11) is 0. The van der Waals surface area contributed by atoms with Gasteiger partial charge in [0.25, 0.3) is 0 Å². The van der Waals surface area contributed by atoms with Crippen molar-refractivity contribution in [1.82, 2.24) is 0 Å². The largest absolute Gasteiger partial charge is 0.493 e. The van der Waals surface area contributed by atoms with Crippen LogP contribution in [-0.4, -0.2) is 38.3 Å². The fourth-order valence-corrected chi connectivity index (χ4v) is 3.44. The van der Waals surface area contributed by atoms with E-state index in [2.05, 4.69) is 6.07 Å². The van der Waals surface area contributed by atoms with Gasteiger partial charge >= 0.3 is 11.9 Å². The van der Waals surface area contributed by atoms with Crippen molar-refractivity contribution >= 4 is 17.6 Å². The Kier molecular flexibility index (Phi) is 7.87. The number of rotatable bonds is 9. The molecule has 0 amide bonds. The molecule has 166 valence electrons. The summed E-state index contributed by atoms with van der Waals surface area (Å²) in [5.41, 5.74) is 3.10. The van der Waals surface area contributed by atoms with E-state index in [1.165, 1.54) is 6.92 Å². The number of nitrogens with zero attached hydrogens (tertiary/aromatic N) is 2. The fraction of sp³-hybridized carbons (Fsp3) is 0.320. The van der Waals surface area contributed by atoms with Crippen molar-refractivity contribution in [2.45, 2.75) is 26.2 Å². The van der Waals surface area contributed by atoms with Crippen molar-refractivity contribution in [1.29, 1.82) is 5.26 Å². The number of carbonyl (C=O) groups is 2. The molecule has 2 aromatic carbocycles. The highest BCUT2D eigenvalue weighted by atomic mass is 16.5. The lowest BCUT2D eigenvalue weighted by atomic mass is 9.94. The maximum Gasteiger partial charge on any atom is 0.338 e. The lowest BCUT2D eigenvalue weighted by molar-refractivity contribution is -0.141. The minimum Gasteiger partial charge on any atom is -0.493 e. The molecule has 0 saturated carbocycles. The normalized spacial score (nSPS) is 15.0. The molecule has 0 radical (unpaired) electrons. The zero-order valence-corrected chi connectivity index (χ0v) is 18.2. The average Bonchev–Trinajstić information content (AvgIpc) is 3.24. The molecule has 1 unspecified atom stereocenters. The maximum atomic E-state index is 11.8. The predicted octanol–water partition coefficient (Wildman–Crippen LogP) is 4.21. The third-order valence-corrected chi connectivity index (χ3v) is 5.03. The molecular formula is C25H26N2O5. The van der Waals surface area contributed by atoms with Crippen molar-refractivity contribution in [3.05, 3.63) is 71.4 Å². The summed E-state index contributed by atoms with van der Waals surface area (Å²) < 4.78 is 15.6. The van der Waals surface area contributed by atoms with Crippen LogP contribution in [0.15, 0.2) is 60.3 Å². The van der Waals surface area contributed by atoms with Crippen LogP contribution in [0.3, 0.4) is 0 Å². The van der Waals surface area contributed by atoms with E-state index in [4.69, 9.17) is 14.2 Å². The summed E-state index contributed by atoms with van der Waals surface area (Å²) in [6, 6.07) is 17.2. The van der Waals surface area contributed by atoms with E-state index in [1.54, 1.807) is 19.1 Å². The lowest BCUT2D eigenvalue weighted by Gasteiger charge is -2.19. The van der Waals surface area contributed by atoms with E-state index < -0.39 is 0 Å². The maximum absolute atomic E-state index is 11.8. The third kappa shape index (κ3) is 5.88. The van der Waals surface area contributed by atoms with Crippen molar-refractivity contribution in [3.63, 3.8) is 0 Å². The summed E-state index contributed by atoms with van der Waals surface area (Å²) in [6.45, 7) is 4.91. The molecule has 0 fully saturated rings. The Morgan fingerprint density at radius 1 is 1.06 bits per heavy atom. The quantitative estimate of drug-likeness (QED) is 0.431. The summed E-state index contributed by atoms with van der Waals surface area (Å²) in [5, 5.41) is 9.63.